The summed E-state index contributed by atoms with van der Waals surface area (Å²) in [6.45, 7) is 5.73. The van der Waals surface area contributed by atoms with Crippen molar-refractivity contribution in [2.45, 2.75) is 76.4 Å². The second-order valence-electron chi connectivity index (χ2n) is 8.65. The fourth-order valence-electron chi connectivity index (χ4n) is 3.78. The molecule has 0 amide bonds. The zero-order valence-electron chi connectivity index (χ0n) is 17.5. The second kappa shape index (κ2) is 7.77. The highest BCUT2D eigenvalue weighted by Gasteiger charge is 2.42. The van der Waals surface area contributed by atoms with E-state index >= 15 is 0 Å². The summed E-state index contributed by atoms with van der Waals surface area (Å²) < 4.78 is 47.2. The molecule has 1 saturated carbocycles. The number of aromatic nitrogens is 4. The maximum atomic E-state index is 13.4. The minimum atomic E-state index is -4.58. The molecule has 2 aromatic heterocycles. The van der Waals surface area contributed by atoms with Crippen LogP contribution < -0.4 is 16.2 Å². The van der Waals surface area contributed by atoms with Crippen LogP contribution in [0.5, 0.6) is 0 Å². The quantitative estimate of drug-likeness (QED) is 0.731. The summed E-state index contributed by atoms with van der Waals surface area (Å²) in [4.78, 5) is 20.2. The molecule has 8 nitrogen and oxygen atoms in total. The van der Waals surface area contributed by atoms with E-state index in [1.54, 1.807) is 0 Å². The monoisotopic (exact) mass is 438 g/mol. The van der Waals surface area contributed by atoms with Gasteiger partial charge in [-0.3, -0.25) is 4.79 Å². The number of ether oxygens (including phenoxy) is 1. The first-order valence-corrected chi connectivity index (χ1v) is 10.3. The van der Waals surface area contributed by atoms with Crippen LogP contribution in [0.25, 0.3) is 0 Å². The van der Waals surface area contributed by atoms with Gasteiger partial charge in [-0.25, -0.2) is 9.67 Å². The van der Waals surface area contributed by atoms with Crippen LogP contribution in [-0.2, 0) is 10.9 Å². The standard InChI is InChI=1S/C20H25F3N6O2/c1-11-8-13(9-12(2)31-11)29-16(30)5-4-15(28-29)25-18-24-10-14(20(21,22)23)17(26-18)27-19(3)6-7-19/h4-5,10-13H,6-9H2,1-3H3,(H2,24,25,26,27,28)/t11-,12+,13?. The SMILES string of the molecule is C[C@@H]1CC(n2nc(Nc3ncc(C(F)(F)F)c(NC4(C)CC4)n3)ccc2=O)C[C@H](C)O1. The normalized spacial score (nSPS) is 25.2. The third-order valence-corrected chi connectivity index (χ3v) is 5.60. The van der Waals surface area contributed by atoms with E-state index < -0.39 is 17.3 Å². The molecule has 2 aliphatic rings. The van der Waals surface area contributed by atoms with Crippen LogP contribution in [0.3, 0.4) is 0 Å². The summed E-state index contributed by atoms with van der Waals surface area (Å²) in [5, 5.41) is 10.1. The zero-order valence-corrected chi connectivity index (χ0v) is 17.5. The van der Waals surface area contributed by atoms with Gasteiger partial charge in [-0.05, 0) is 52.5 Å². The Morgan fingerprint density at radius 1 is 1.19 bits per heavy atom. The maximum Gasteiger partial charge on any atom is 0.421 e. The van der Waals surface area contributed by atoms with Crippen molar-refractivity contribution in [2.75, 3.05) is 10.6 Å². The largest absolute Gasteiger partial charge is 0.421 e. The molecule has 3 atom stereocenters. The van der Waals surface area contributed by atoms with Crippen molar-refractivity contribution in [2.24, 2.45) is 0 Å². The van der Waals surface area contributed by atoms with E-state index in [-0.39, 0.29) is 41.4 Å². The van der Waals surface area contributed by atoms with Crippen molar-refractivity contribution < 1.29 is 17.9 Å². The number of hydrogen-bond acceptors (Lipinski definition) is 7. The number of rotatable bonds is 5. The van der Waals surface area contributed by atoms with Gasteiger partial charge in [-0.2, -0.15) is 23.3 Å². The lowest BCUT2D eigenvalue weighted by Crippen LogP contribution is -2.36. The third kappa shape index (κ3) is 4.97. The lowest BCUT2D eigenvalue weighted by molar-refractivity contribution is -0.137. The van der Waals surface area contributed by atoms with Crippen LogP contribution in [0.15, 0.2) is 23.1 Å². The van der Waals surface area contributed by atoms with Crippen LogP contribution in [-0.4, -0.2) is 37.5 Å². The van der Waals surface area contributed by atoms with Crippen LogP contribution in [0, 0.1) is 0 Å². The number of nitrogens with zero attached hydrogens (tertiary/aromatic N) is 4. The van der Waals surface area contributed by atoms with Gasteiger partial charge in [0.1, 0.15) is 11.4 Å². The van der Waals surface area contributed by atoms with Crippen molar-refractivity contribution in [1.82, 2.24) is 19.7 Å². The average molecular weight is 438 g/mol. The molecule has 2 N–H and O–H groups in total. The molecule has 0 aromatic carbocycles. The van der Waals surface area contributed by atoms with Crippen molar-refractivity contribution in [1.29, 1.82) is 0 Å². The molecule has 1 aliphatic heterocycles. The van der Waals surface area contributed by atoms with E-state index in [0.717, 1.165) is 19.0 Å². The van der Waals surface area contributed by atoms with E-state index in [1.807, 2.05) is 20.8 Å². The van der Waals surface area contributed by atoms with E-state index in [9.17, 15) is 18.0 Å². The Morgan fingerprint density at radius 2 is 1.87 bits per heavy atom. The Labute approximate surface area is 177 Å². The van der Waals surface area contributed by atoms with E-state index in [4.69, 9.17) is 4.74 Å². The summed E-state index contributed by atoms with van der Waals surface area (Å²) in [6, 6.07) is 2.70. The summed E-state index contributed by atoms with van der Waals surface area (Å²) in [5.74, 6) is -0.0358. The Bertz CT molecular complexity index is 1010. The van der Waals surface area contributed by atoms with Gasteiger partial charge in [0.15, 0.2) is 5.82 Å². The summed E-state index contributed by atoms with van der Waals surface area (Å²) in [6.07, 6.45) is -1.01. The molecule has 1 saturated heterocycles. The second-order valence-corrected chi connectivity index (χ2v) is 8.65. The molecule has 0 bridgehead atoms. The third-order valence-electron chi connectivity index (χ3n) is 5.60. The molecule has 168 valence electrons. The van der Waals surface area contributed by atoms with Crippen molar-refractivity contribution in [3.05, 3.63) is 34.2 Å². The molecule has 11 heteroatoms. The number of halogens is 3. The lowest BCUT2D eigenvalue weighted by Gasteiger charge is -2.32. The van der Waals surface area contributed by atoms with Crippen molar-refractivity contribution in [3.8, 4) is 0 Å². The minimum absolute atomic E-state index is 0.00488. The number of nitrogens with one attached hydrogen (secondary N) is 2. The summed E-state index contributed by atoms with van der Waals surface area (Å²) in [5.41, 5.74) is -1.57. The Morgan fingerprint density at radius 3 is 2.48 bits per heavy atom. The topological polar surface area (TPSA) is 94.0 Å². The van der Waals surface area contributed by atoms with Crippen LogP contribution in [0.1, 0.15) is 58.1 Å². The number of anilines is 3. The highest BCUT2D eigenvalue weighted by molar-refractivity contribution is 5.55. The zero-order chi connectivity index (χ0) is 22.4. The molecule has 3 heterocycles. The van der Waals surface area contributed by atoms with Crippen LogP contribution in [0.2, 0.25) is 0 Å². The van der Waals surface area contributed by atoms with E-state index in [1.165, 1.54) is 16.8 Å². The fraction of sp³-hybridized carbons (Fsp3) is 0.600. The Hall–Kier alpha value is -2.69. The van der Waals surface area contributed by atoms with Gasteiger partial charge in [-0.15, -0.1) is 0 Å². The molecular weight excluding hydrogens is 413 g/mol. The molecule has 1 aliphatic carbocycles. The molecule has 0 radical (unpaired) electrons. The lowest BCUT2D eigenvalue weighted by atomic mass is 10.00. The summed E-state index contributed by atoms with van der Waals surface area (Å²) >= 11 is 0. The summed E-state index contributed by atoms with van der Waals surface area (Å²) in [7, 11) is 0. The molecule has 2 fully saturated rings. The highest BCUT2D eigenvalue weighted by atomic mass is 19.4. The molecular formula is C20H25F3N6O2. The van der Waals surface area contributed by atoms with Gasteiger partial charge in [0.25, 0.3) is 5.56 Å². The smallest absolute Gasteiger partial charge is 0.375 e. The molecule has 31 heavy (non-hydrogen) atoms. The van der Waals surface area contributed by atoms with Gasteiger partial charge < -0.3 is 15.4 Å². The van der Waals surface area contributed by atoms with Gasteiger partial charge in [0, 0.05) is 17.8 Å². The fourth-order valence-corrected chi connectivity index (χ4v) is 3.78. The average Bonchev–Trinajstić information content (AvgIpc) is 3.38. The molecule has 1 unspecified atom stereocenters. The predicted molar refractivity (Wildman–Crippen MR) is 108 cm³/mol. The van der Waals surface area contributed by atoms with Gasteiger partial charge in [0.2, 0.25) is 5.95 Å². The highest BCUT2D eigenvalue weighted by Crippen LogP contribution is 2.41. The van der Waals surface area contributed by atoms with Gasteiger partial charge in [-0.1, -0.05) is 0 Å². The van der Waals surface area contributed by atoms with Crippen LogP contribution >= 0.6 is 0 Å². The van der Waals surface area contributed by atoms with E-state index in [0.29, 0.717) is 12.8 Å². The van der Waals surface area contributed by atoms with E-state index in [2.05, 4.69) is 25.7 Å². The van der Waals surface area contributed by atoms with Gasteiger partial charge in [0.05, 0.1) is 18.2 Å². The first kappa shape index (κ1) is 21.5. The van der Waals surface area contributed by atoms with Crippen LogP contribution in [0.4, 0.5) is 30.8 Å². The van der Waals surface area contributed by atoms with Crippen molar-refractivity contribution >= 4 is 17.6 Å². The first-order valence-electron chi connectivity index (χ1n) is 10.3. The first-order chi connectivity index (χ1) is 14.5. The number of hydrogen-bond donors (Lipinski definition) is 2. The maximum absolute atomic E-state index is 13.4. The molecule has 0 spiro atoms. The van der Waals surface area contributed by atoms with Crippen molar-refractivity contribution in [3.63, 3.8) is 0 Å². The number of alkyl halides is 3. The Kier molecular flexibility index (Phi) is 5.40. The van der Waals surface area contributed by atoms with Gasteiger partial charge >= 0.3 is 6.18 Å². The Balaban J connectivity index is 1.60. The predicted octanol–water partition coefficient (Wildman–Crippen LogP) is 3.89. The molecule has 4 rings (SSSR count). The minimum Gasteiger partial charge on any atom is -0.375 e. The molecule has 2 aromatic rings.